The second-order valence-electron chi connectivity index (χ2n) is 5.41. The minimum Gasteiger partial charge on any atom is -0.275 e. The van der Waals surface area contributed by atoms with Gasteiger partial charge >= 0.3 is 6.03 Å². The van der Waals surface area contributed by atoms with Crippen LogP contribution in [0.1, 0.15) is 5.56 Å². The lowest BCUT2D eigenvalue weighted by atomic mass is 9.88. The zero-order chi connectivity index (χ0) is 18.9. The molecule has 1 aliphatic rings. The molecule has 0 saturated carbocycles. The fraction of sp³-hybridized carbons (Fsp3) is 0.0625. The molecule has 3 N–H and O–H groups in total. The Labute approximate surface area is 157 Å². The van der Waals surface area contributed by atoms with Crippen molar-refractivity contribution in [2.45, 2.75) is 10.4 Å². The Bertz CT molecular complexity index is 970. The van der Waals surface area contributed by atoms with Crippen molar-refractivity contribution in [2.75, 3.05) is 0 Å². The molecule has 0 bridgehead atoms. The van der Waals surface area contributed by atoms with Crippen molar-refractivity contribution in [3.8, 4) is 0 Å². The first-order valence-electron chi connectivity index (χ1n) is 7.27. The summed E-state index contributed by atoms with van der Waals surface area (Å²) in [7, 11) is -4.27. The van der Waals surface area contributed by atoms with Crippen LogP contribution in [0.25, 0.3) is 0 Å². The first kappa shape index (κ1) is 18.2. The van der Waals surface area contributed by atoms with Gasteiger partial charge in [-0.25, -0.2) is 13.2 Å². The summed E-state index contributed by atoms with van der Waals surface area (Å²) in [5.74, 6) is -2.17. The Balaban J connectivity index is 2.13. The van der Waals surface area contributed by atoms with E-state index in [4.69, 9.17) is 0 Å². The van der Waals surface area contributed by atoms with Crippen molar-refractivity contribution in [3.63, 3.8) is 0 Å². The molecule has 2 aromatic carbocycles. The van der Waals surface area contributed by atoms with Gasteiger partial charge in [-0.15, -0.1) is 0 Å². The van der Waals surface area contributed by atoms with Crippen LogP contribution in [0.3, 0.4) is 0 Å². The zero-order valence-corrected chi connectivity index (χ0v) is 15.4. The molecule has 1 heterocycles. The number of carbonyl (C=O) groups is 3. The van der Waals surface area contributed by atoms with Crippen LogP contribution in [0.15, 0.2) is 64.0 Å². The van der Waals surface area contributed by atoms with Crippen LogP contribution in [0.2, 0.25) is 0 Å². The van der Waals surface area contributed by atoms with Gasteiger partial charge in [0.1, 0.15) is 0 Å². The lowest BCUT2D eigenvalue weighted by Gasteiger charge is -2.34. The fourth-order valence-electron chi connectivity index (χ4n) is 2.50. The van der Waals surface area contributed by atoms with Gasteiger partial charge in [0, 0.05) is 4.47 Å². The number of rotatable bonds is 4. The molecular weight excluding hydrogens is 426 g/mol. The zero-order valence-electron chi connectivity index (χ0n) is 13.0. The van der Waals surface area contributed by atoms with E-state index in [1.54, 1.807) is 18.2 Å². The Morgan fingerprint density at radius 2 is 1.38 bits per heavy atom. The van der Waals surface area contributed by atoms with Gasteiger partial charge in [-0.3, -0.25) is 20.2 Å². The highest BCUT2D eigenvalue weighted by molar-refractivity contribution is 9.10. The molecule has 0 aromatic heterocycles. The maximum atomic E-state index is 12.8. The molecule has 0 atom stereocenters. The first-order chi connectivity index (χ1) is 12.3. The number of carbonyl (C=O) groups excluding carboxylic acids is 3. The van der Waals surface area contributed by atoms with Crippen LogP contribution in [-0.2, 0) is 25.2 Å². The predicted molar refractivity (Wildman–Crippen MR) is 94.3 cm³/mol. The van der Waals surface area contributed by atoms with E-state index in [9.17, 15) is 22.8 Å². The third kappa shape index (κ3) is 3.14. The Kier molecular flexibility index (Phi) is 4.65. The number of barbiturate groups is 1. The standard InChI is InChI=1S/C16H12BrN3O5S/c17-11-6-8-12(9-7-11)26(24,25)20-16(10-4-2-1-3-5-10)13(21)18-15(23)19-14(16)22/h1-9,20H,(H2,18,19,21,22,23). The number of halogens is 1. The average molecular weight is 438 g/mol. The summed E-state index contributed by atoms with van der Waals surface area (Å²) in [5, 5.41) is 3.88. The van der Waals surface area contributed by atoms with Gasteiger partial charge in [0.25, 0.3) is 11.8 Å². The molecule has 0 spiro atoms. The third-order valence-electron chi connectivity index (χ3n) is 3.75. The van der Waals surface area contributed by atoms with E-state index in [0.717, 1.165) is 0 Å². The van der Waals surface area contributed by atoms with Crippen LogP contribution in [0.4, 0.5) is 4.79 Å². The molecule has 3 rings (SSSR count). The van der Waals surface area contributed by atoms with Gasteiger partial charge in [-0.05, 0) is 29.8 Å². The maximum absolute atomic E-state index is 12.8. The van der Waals surface area contributed by atoms with Crippen LogP contribution in [0.5, 0.6) is 0 Å². The second kappa shape index (κ2) is 6.63. The minimum absolute atomic E-state index is 0.0724. The number of benzene rings is 2. The van der Waals surface area contributed by atoms with Crippen LogP contribution in [-0.4, -0.2) is 26.3 Å². The predicted octanol–water partition coefficient (Wildman–Crippen LogP) is 0.989. The summed E-state index contributed by atoms with van der Waals surface area (Å²) in [5.41, 5.74) is -2.25. The summed E-state index contributed by atoms with van der Waals surface area (Å²) in [4.78, 5) is 36.4. The summed E-state index contributed by atoms with van der Waals surface area (Å²) in [6.45, 7) is 0. The Morgan fingerprint density at radius 3 is 1.92 bits per heavy atom. The van der Waals surface area contributed by atoms with E-state index < -0.39 is 33.4 Å². The largest absolute Gasteiger partial charge is 0.328 e. The second-order valence-corrected chi connectivity index (χ2v) is 8.01. The fourth-order valence-corrected chi connectivity index (χ4v) is 4.09. The molecule has 8 nitrogen and oxygen atoms in total. The summed E-state index contributed by atoms with van der Waals surface area (Å²) < 4.78 is 28.4. The van der Waals surface area contributed by atoms with Crippen molar-refractivity contribution in [3.05, 3.63) is 64.6 Å². The van der Waals surface area contributed by atoms with Gasteiger partial charge in [0.15, 0.2) is 0 Å². The molecule has 26 heavy (non-hydrogen) atoms. The molecule has 1 saturated heterocycles. The SMILES string of the molecule is O=C1NC(=O)C(NS(=O)(=O)c2ccc(Br)cc2)(c2ccccc2)C(=O)N1. The highest BCUT2D eigenvalue weighted by atomic mass is 79.9. The highest BCUT2D eigenvalue weighted by Gasteiger charge is 2.54. The van der Waals surface area contributed by atoms with E-state index in [2.05, 4.69) is 20.7 Å². The Hall–Kier alpha value is -2.56. The minimum atomic E-state index is -4.27. The maximum Gasteiger partial charge on any atom is 0.328 e. The van der Waals surface area contributed by atoms with Crippen LogP contribution >= 0.6 is 15.9 Å². The molecule has 0 aliphatic carbocycles. The normalized spacial score (nSPS) is 16.7. The lowest BCUT2D eigenvalue weighted by molar-refractivity contribution is -0.139. The van der Waals surface area contributed by atoms with Crippen LogP contribution in [0, 0.1) is 0 Å². The molecule has 10 heteroatoms. The molecular formula is C16H12BrN3O5S. The number of hydrogen-bond acceptors (Lipinski definition) is 5. The number of hydrogen-bond donors (Lipinski definition) is 3. The van der Waals surface area contributed by atoms with Crippen molar-refractivity contribution < 1.29 is 22.8 Å². The smallest absolute Gasteiger partial charge is 0.275 e. The van der Waals surface area contributed by atoms with Gasteiger partial charge < -0.3 is 0 Å². The molecule has 4 amide bonds. The van der Waals surface area contributed by atoms with Crippen LogP contribution < -0.4 is 15.4 Å². The van der Waals surface area contributed by atoms with E-state index in [0.29, 0.717) is 4.47 Å². The van der Waals surface area contributed by atoms with E-state index >= 15 is 0 Å². The molecule has 2 aromatic rings. The topological polar surface area (TPSA) is 121 Å². The quantitative estimate of drug-likeness (QED) is 0.615. The number of sulfonamides is 1. The van der Waals surface area contributed by atoms with Crippen molar-refractivity contribution >= 4 is 43.8 Å². The number of amides is 4. The van der Waals surface area contributed by atoms with Gasteiger partial charge in [-0.2, -0.15) is 4.72 Å². The third-order valence-corrected chi connectivity index (χ3v) is 5.75. The number of imide groups is 2. The molecule has 1 fully saturated rings. The lowest BCUT2D eigenvalue weighted by Crippen LogP contribution is -2.71. The van der Waals surface area contributed by atoms with Crippen molar-refractivity contribution in [2.24, 2.45) is 0 Å². The molecule has 134 valence electrons. The average Bonchev–Trinajstić information content (AvgIpc) is 2.59. The van der Waals surface area contributed by atoms with E-state index in [-0.39, 0.29) is 10.5 Å². The van der Waals surface area contributed by atoms with Gasteiger partial charge in [0.2, 0.25) is 15.6 Å². The number of urea groups is 1. The summed E-state index contributed by atoms with van der Waals surface area (Å²) >= 11 is 3.20. The van der Waals surface area contributed by atoms with Gasteiger partial charge in [0.05, 0.1) is 4.90 Å². The Morgan fingerprint density at radius 1 is 0.846 bits per heavy atom. The molecule has 0 radical (unpaired) electrons. The van der Waals surface area contributed by atoms with E-state index in [1.807, 2.05) is 10.6 Å². The first-order valence-corrected chi connectivity index (χ1v) is 9.55. The summed E-state index contributed by atoms with van der Waals surface area (Å²) in [6.07, 6.45) is 0. The van der Waals surface area contributed by atoms with Crippen molar-refractivity contribution in [1.82, 2.24) is 15.4 Å². The van der Waals surface area contributed by atoms with E-state index in [1.165, 1.54) is 36.4 Å². The molecule has 1 aliphatic heterocycles. The highest BCUT2D eigenvalue weighted by Crippen LogP contribution is 2.27. The number of nitrogens with one attached hydrogen (secondary N) is 3. The monoisotopic (exact) mass is 437 g/mol. The summed E-state index contributed by atoms with van der Waals surface area (Å²) in [6, 6.07) is 12.2. The van der Waals surface area contributed by atoms with Gasteiger partial charge in [-0.1, -0.05) is 46.3 Å². The van der Waals surface area contributed by atoms with Crippen molar-refractivity contribution in [1.29, 1.82) is 0 Å². The molecule has 0 unspecified atom stereocenters.